The lowest BCUT2D eigenvalue weighted by atomic mass is 10.1. The molecule has 35 heavy (non-hydrogen) atoms. The van der Waals surface area contributed by atoms with Crippen LogP contribution in [-0.2, 0) is 16.1 Å². The van der Waals surface area contributed by atoms with E-state index in [-0.39, 0.29) is 30.6 Å². The van der Waals surface area contributed by atoms with Crippen LogP contribution in [0, 0.1) is 0 Å². The van der Waals surface area contributed by atoms with E-state index in [0.717, 1.165) is 25.2 Å². The van der Waals surface area contributed by atoms with E-state index in [9.17, 15) is 9.59 Å². The van der Waals surface area contributed by atoms with Gasteiger partial charge in [0, 0.05) is 44.0 Å². The molecular weight excluding hydrogens is 446 g/mol. The van der Waals surface area contributed by atoms with Gasteiger partial charge >= 0.3 is 0 Å². The molecule has 1 heterocycles. The number of hydrogen-bond donors (Lipinski definition) is 1. The van der Waals surface area contributed by atoms with Crippen molar-refractivity contribution in [3.8, 4) is 11.5 Å². The van der Waals surface area contributed by atoms with Gasteiger partial charge in [0.05, 0.1) is 32.0 Å². The predicted molar refractivity (Wildman–Crippen MR) is 136 cm³/mol. The molecule has 2 aromatic carbocycles. The summed E-state index contributed by atoms with van der Waals surface area (Å²) in [4.78, 5) is 29.2. The van der Waals surface area contributed by atoms with Crippen molar-refractivity contribution in [2.75, 3.05) is 45.2 Å². The third kappa shape index (κ3) is 7.70. The minimum absolute atomic E-state index is 0.0681. The monoisotopic (exact) mass is 483 g/mol. The fourth-order valence-corrected chi connectivity index (χ4v) is 4.26. The molecule has 0 aromatic heterocycles. The number of ether oxygens (including phenoxy) is 3. The lowest BCUT2D eigenvalue weighted by Gasteiger charge is -2.35. The number of likely N-dealkylation sites (N-methyl/N-ethyl adjacent to an activating group) is 1. The van der Waals surface area contributed by atoms with Crippen molar-refractivity contribution in [3.05, 3.63) is 53.6 Å². The van der Waals surface area contributed by atoms with E-state index in [4.69, 9.17) is 14.2 Å². The average Bonchev–Trinajstić information content (AvgIpc) is 2.80. The van der Waals surface area contributed by atoms with E-state index in [1.165, 1.54) is 4.90 Å². The first-order chi connectivity index (χ1) is 16.8. The Morgan fingerprint density at radius 3 is 2.26 bits per heavy atom. The van der Waals surface area contributed by atoms with Crippen LogP contribution in [0.3, 0.4) is 0 Å². The molecule has 0 saturated carbocycles. The SMILES string of the molecule is CCOc1ccc(NC(=O)CN(C)C(=O)c2ccc(CN3CC(C)OC(C)C3)cc2)cc1OCC. The Labute approximate surface area is 208 Å². The maximum atomic E-state index is 12.9. The topological polar surface area (TPSA) is 80.3 Å². The summed E-state index contributed by atoms with van der Waals surface area (Å²) in [7, 11) is 1.62. The molecule has 0 aliphatic carbocycles. The van der Waals surface area contributed by atoms with Crippen molar-refractivity contribution in [2.24, 2.45) is 0 Å². The minimum Gasteiger partial charge on any atom is -0.490 e. The highest BCUT2D eigenvalue weighted by Gasteiger charge is 2.22. The van der Waals surface area contributed by atoms with Gasteiger partial charge in [-0.3, -0.25) is 14.5 Å². The molecule has 2 aromatic rings. The molecule has 3 rings (SSSR count). The van der Waals surface area contributed by atoms with E-state index < -0.39 is 0 Å². The van der Waals surface area contributed by atoms with Gasteiger partial charge in [0.1, 0.15) is 0 Å². The van der Waals surface area contributed by atoms with Gasteiger partial charge in [-0.2, -0.15) is 0 Å². The number of carbonyl (C=O) groups excluding carboxylic acids is 2. The van der Waals surface area contributed by atoms with E-state index in [2.05, 4.69) is 24.1 Å². The predicted octanol–water partition coefficient (Wildman–Crippen LogP) is 3.80. The number of amides is 2. The maximum Gasteiger partial charge on any atom is 0.254 e. The van der Waals surface area contributed by atoms with Gasteiger partial charge < -0.3 is 24.4 Å². The molecule has 8 nitrogen and oxygen atoms in total. The second-order valence-corrected chi connectivity index (χ2v) is 8.89. The Morgan fingerprint density at radius 1 is 1.00 bits per heavy atom. The van der Waals surface area contributed by atoms with Crippen LogP contribution in [0.15, 0.2) is 42.5 Å². The van der Waals surface area contributed by atoms with Crippen LogP contribution < -0.4 is 14.8 Å². The van der Waals surface area contributed by atoms with Gasteiger partial charge in [-0.25, -0.2) is 0 Å². The summed E-state index contributed by atoms with van der Waals surface area (Å²) in [5.41, 5.74) is 2.27. The molecule has 190 valence electrons. The quantitative estimate of drug-likeness (QED) is 0.554. The van der Waals surface area contributed by atoms with Crippen LogP contribution in [-0.4, -0.2) is 73.7 Å². The van der Waals surface area contributed by atoms with Gasteiger partial charge in [-0.1, -0.05) is 12.1 Å². The van der Waals surface area contributed by atoms with Gasteiger partial charge in [-0.05, 0) is 57.5 Å². The van der Waals surface area contributed by atoms with Gasteiger partial charge in [0.15, 0.2) is 11.5 Å². The molecule has 2 atom stereocenters. The molecule has 1 aliphatic heterocycles. The number of benzene rings is 2. The third-order valence-electron chi connectivity index (χ3n) is 5.66. The largest absolute Gasteiger partial charge is 0.490 e. The zero-order valence-electron chi connectivity index (χ0n) is 21.4. The minimum atomic E-state index is -0.292. The van der Waals surface area contributed by atoms with E-state index >= 15 is 0 Å². The summed E-state index contributed by atoms with van der Waals surface area (Å²) in [5.74, 6) is 0.694. The van der Waals surface area contributed by atoms with Gasteiger partial charge in [0.2, 0.25) is 5.91 Å². The number of carbonyl (C=O) groups is 2. The molecule has 1 saturated heterocycles. The fraction of sp³-hybridized carbons (Fsp3) is 0.481. The highest BCUT2D eigenvalue weighted by atomic mass is 16.5. The van der Waals surface area contributed by atoms with Crippen molar-refractivity contribution in [1.29, 1.82) is 0 Å². The Kier molecular flexibility index (Phi) is 9.51. The normalized spacial score (nSPS) is 18.1. The molecule has 2 amide bonds. The fourth-order valence-electron chi connectivity index (χ4n) is 4.26. The summed E-state index contributed by atoms with van der Waals surface area (Å²) in [6, 6.07) is 12.8. The van der Waals surface area contributed by atoms with Crippen molar-refractivity contribution in [3.63, 3.8) is 0 Å². The summed E-state index contributed by atoms with van der Waals surface area (Å²) < 4.78 is 17.0. The summed E-state index contributed by atoms with van der Waals surface area (Å²) in [6.45, 7) is 11.5. The zero-order chi connectivity index (χ0) is 25.4. The highest BCUT2D eigenvalue weighted by molar-refractivity contribution is 5.99. The average molecular weight is 484 g/mol. The van der Waals surface area contributed by atoms with Crippen molar-refractivity contribution >= 4 is 17.5 Å². The van der Waals surface area contributed by atoms with Crippen LogP contribution in [0.4, 0.5) is 5.69 Å². The number of morpholine rings is 1. The number of hydrogen-bond acceptors (Lipinski definition) is 6. The summed E-state index contributed by atoms with van der Waals surface area (Å²) in [6.07, 6.45) is 0.431. The lowest BCUT2D eigenvalue weighted by Crippen LogP contribution is -2.44. The Balaban J connectivity index is 1.55. The van der Waals surface area contributed by atoms with Crippen molar-refractivity contribution in [2.45, 2.75) is 46.4 Å². The first-order valence-electron chi connectivity index (χ1n) is 12.2. The van der Waals surface area contributed by atoms with E-state index in [0.29, 0.717) is 36.0 Å². The standard InChI is InChI=1S/C27H37N3O5/c1-6-33-24-13-12-23(14-25(24)34-7-2)28-26(31)18-29(5)27(32)22-10-8-21(9-11-22)17-30-15-19(3)35-20(4)16-30/h8-14,19-20H,6-7,15-18H2,1-5H3,(H,28,31). The molecule has 0 radical (unpaired) electrons. The van der Waals surface area contributed by atoms with Crippen molar-refractivity contribution < 1.29 is 23.8 Å². The van der Waals surface area contributed by atoms with E-state index in [1.807, 2.05) is 38.1 Å². The second kappa shape index (κ2) is 12.6. The molecule has 1 fully saturated rings. The van der Waals surface area contributed by atoms with Crippen molar-refractivity contribution in [1.82, 2.24) is 9.80 Å². The zero-order valence-corrected chi connectivity index (χ0v) is 21.4. The van der Waals surface area contributed by atoms with Crippen LogP contribution in [0.1, 0.15) is 43.6 Å². The first kappa shape index (κ1) is 26.5. The molecular formula is C27H37N3O5. The number of anilines is 1. The molecule has 8 heteroatoms. The third-order valence-corrected chi connectivity index (χ3v) is 5.66. The molecule has 2 unspecified atom stereocenters. The Hall–Kier alpha value is -3.10. The van der Waals surface area contributed by atoms with Gasteiger partial charge in [-0.15, -0.1) is 0 Å². The molecule has 1 N–H and O–H groups in total. The molecule has 0 bridgehead atoms. The van der Waals surface area contributed by atoms with Crippen LogP contribution in [0.25, 0.3) is 0 Å². The smallest absolute Gasteiger partial charge is 0.254 e. The van der Waals surface area contributed by atoms with Crippen LogP contribution in [0.2, 0.25) is 0 Å². The van der Waals surface area contributed by atoms with Crippen LogP contribution in [0.5, 0.6) is 11.5 Å². The Morgan fingerprint density at radius 2 is 1.63 bits per heavy atom. The molecule has 1 aliphatic rings. The second-order valence-electron chi connectivity index (χ2n) is 8.89. The lowest BCUT2D eigenvalue weighted by molar-refractivity contribution is -0.116. The maximum absolute atomic E-state index is 12.9. The summed E-state index contributed by atoms with van der Waals surface area (Å²) in [5, 5.41) is 2.82. The molecule has 0 spiro atoms. The summed E-state index contributed by atoms with van der Waals surface area (Å²) >= 11 is 0. The van der Waals surface area contributed by atoms with Crippen LogP contribution >= 0.6 is 0 Å². The Bertz CT molecular complexity index is 985. The first-order valence-corrected chi connectivity index (χ1v) is 12.2. The van der Waals surface area contributed by atoms with E-state index in [1.54, 1.807) is 25.2 Å². The number of rotatable bonds is 10. The number of nitrogens with zero attached hydrogens (tertiary/aromatic N) is 2. The van der Waals surface area contributed by atoms with Gasteiger partial charge in [0.25, 0.3) is 5.91 Å². The number of nitrogens with one attached hydrogen (secondary N) is 1. The highest BCUT2D eigenvalue weighted by Crippen LogP contribution is 2.30.